The standard InChI is InChI=1S/C21H19ClN6O3S/c1-10-12-5-4-11(6-13(12)25-24-10)23-18(29)9-27-19(30)15-7-16-14(8-17(22)32-16)28(15)20(26-27)21(2,3)31/h4-8,31H,9H2,1-3H3,(H,23,29)(H,24,25). The number of thiophene rings is 1. The molecule has 0 aliphatic heterocycles. The van der Waals surface area contributed by atoms with Crippen molar-refractivity contribution in [3.05, 3.63) is 56.5 Å². The lowest BCUT2D eigenvalue weighted by molar-refractivity contribution is -0.117. The minimum Gasteiger partial charge on any atom is -0.382 e. The molecule has 0 saturated carbocycles. The molecule has 1 amide bonds. The number of benzene rings is 1. The Bertz CT molecular complexity index is 1590. The van der Waals surface area contributed by atoms with Crippen molar-refractivity contribution >= 4 is 61.2 Å². The number of H-pyrrole nitrogens is 1. The lowest BCUT2D eigenvalue weighted by Crippen LogP contribution is -2.35. The highest BCUT2D eigenvalue weighted by Gasteiger charge is 2.27. The number of carbonyl (C=O) groups is 1. The van der Waals surface area contributed by atoms with E-state index in [0.717, 1.165) is 26.0 Å². The lowest BCUT2D eigenvalue weighted by Gasteiger charge is -2.20. The Hall–Kier alpha value is -3.21. The van der Waals surface area contributed by atoms with E-state index in [1.807, 2.05) is 13.0 Å². The summed E-state index contributed by atoms with van der Waals surface area (Å²) < 4.78 is 4.04. The van der Waals surface area contributed by atoms with Gasteiger partial charge in [-0.25, -0.2) is 4.68 Å². The molecular formula is C21H19ClN6O3S. The number of amides is 1. The van der Waals surface area contributed by atoms with Crippen LogP contribution in [0.3, 0.4) is 0 Å². The second-order valence-electron chi connectivity index (χ2n) is 8.13. The number of hydrogen-bond donors (Lipinski definition) is 3. The molecule has 5 aromatic rings. The number of aromatic nitrogens is 5. The molecule has 0 bridgehead atoms. The third kappa shape index (κ3) is 3.36. The molecule has 3 N–H and O–H groups in total. The molecule has 5 rings (SSSR count). The summed E-state index contributed by atoms with van der Waals surface area (Å²) in [5.41, 5.74) is 1.44. The van der Waals surface area contributed by atoms with Crippen LogP contribution in [0.4, 0.5) is 5.69 Å². The lowest BCUT2D eigenvalue weighted by atomic mass is 10.1. The summed E-state index contributed by atoms with van der Waals surface area (Å²) in [4.78, 5) is 25.8. The van der Waals surface area contributed by atoms with E-state index in [-0.39, 0.29) is 12.4 Å². The summed E-state index contributed by atoms with van der Waals surface area (Å²) in [7, 11) is 0. The highest BCUT2D eigenvalue weighted by Crippen LogP contribution is 2.33. The van der Waals surface area contributed by atoms with E-state index < -0.39 is 17.1 Å². The number of rotatable bonds is 4. The SMILES string of the molecule is Cc1n[nH]c2cc(NC(=O)Cn3nc(C(C)(C)O)n4c(cc5sc(Cl)cc54)c3=O)ccc12. The Kier molecular flexibility index (Phi) is 4.63. The zero-order valence-corrected chi connectivity index (χ0v) is 19.0. The van der Waals surface area contributed by atoms with Crippen LogP contribution in [0.2, 0.25) is 4.34 Å². The molecule has 0 aliphatic rings. The molecule has 1 aromatic carbocycles. The Labute approximate surface area is 190 Å². The van der Waals surface area contributed by atoms with E-state index in [9.17, 15) is 14.7 Å². The second kappa shape index (κ2) is 7.16. The van der Waals surface area contributed by atoms with Gasteiger partial charge in [-0.05, 0) is 51.1 Å². The summed E-state index contributed by atoms with van der Waals surface area (Å²) in [6, 6.07) is 8.85. The second-order valence-corrected chi connectivity index (χ2v) is 9.84. The van der Waals surface area contributed by atoms with Crippen LogP contribution >= 0.6 is 22.9 Å². The maximum atomic E-state index is 13.1. The van der Waals surface area contributed by atoms with Crippen molar-refractivity contribution in [2.24, 2.45) is 0 Å². The van der Waals surface area contributed by atoms with E-state index in [1.54, 1.807) is 42.5 Å². The largest absolute Gasteiger partial charge is 0.382 e. The zero-order chi connectivity index (χ0) is 22.8. The summed E-state index contributed by atoms with van der Waals surface area (Å²) in [6.07, 6.45) is 0. The first-order chi connectivity index (χ1) is 15.1. The minimum absolute atomic E-state index is 0.235. The fourth-order valence-corrected chi connectivity index (χ4v) is 4.92. The normalized spacial score (nSPS) is 12.3. The molecule has 0 spiro atoms. The number of halogens is 1. The summed E-state index contributed by atoms with van der Waals surface area (Å²) in [5, 5.41) is 25.9. The van der Waals surface area contributed by atoms with Crippen LogP contribution in [0.5, 0.6) is 0 Å². The van der Waals surface area contributed by atoms with Crippen molar-refractivity contribution in [1.82, 2.24) is 24.4 Å². The van der Waals surface area contributed by atoms with Crippen LogP contribution in [-0.4, -0.2) is 35.4 Å². The molecule has 32 heavy (non-hydrogen) atoms. The first kappa shape index (κ1) is 20.7. The van der Waals surface area contributed by atoms with Gasteiger partial charge in [-0.1, -0.05) is 11.6 Å². The quantitative estimate of drug-likeness (QED) is 0.372. The van der Waals surface area contributed by atoms with Crippen molar-refractivity contribution in [2.75, 3.05) is 5.32 Å². The van der Waals surface area contributed by atoms with Gasteiger partial charge in [0, 0.05) is 11.1 Å². The first-order valence-corrected chi connectivity index (χ1v) is 11.0. The molecule has 0 fully saturated rings. The highest BCUT2D eigenvalue weighted by atomic mass is 35.5. The third-order valence-electron chi connectivity index (χ3n) is 5.22. The number of anilines is 1. The van der Waals surface area contributed by atoms with Crippen LogP contribution in [0.15, 0.2) is 35.1 Å². The van der Waals surface area contributed by atoms with E-state index >= 15 is 0 Å². The minimum atomic E-state index is -1.37. The molecule has 0 unspecified atom stereocenters. The van der Waals surface area contributed by atoms with Gasteiger partial charge in [0.25, 0.3) is 5.56 Å². The predicted octanol–water partition coefficient (Wildman–Crippen LogP) is 3.41. The maximum Gasteiger partial charge on any atom is 0.291 e. The van der Waals surface area contributed by atoms with Gasteiger partial charge in [0.15, 0.2) is 5.82 Å². The number of nitrogens with one attached hydrogen (secondary N) is 2. The average molecular weight is 471 g/mol. The smallest absolute Gasteiger partial charge is 0.291 e. The number of carbonyl (C=O) groups excluding carboxylic acids is 1. The van der Waals surface area contributed by atoms with Crippen molar-refractivity contribution in [3.8, 4) is 0 Å². The van der Waals surface area contributed by atoms with Crippen LogP contribution in [0.1, 0.15) is 25.4 Å². The van der Waals surface area contributed by atoms with Gasteiger partial charge >= 0.3 is 0 Å². The number of aryl methyl sites for hydroxylation is 1. The topological polar surface area (TPSA) is 117 Å². The predicted molar refractivity (Wildman–Crippen MR) is 125 cm³/mol. The molecule has 0 radical (unpaired) electrons. The monoisotopic (exact) mass is 470 g/mol. The van der Waals surface area contributed by atoms with Gasteiger partial charge in [0.2, 0.25) is 5.91 Å². The number of aromatic amines is 1. The summed E-state index contributed by atoms with van der Waals surface area (Å²) in [6.45, 7) is 4.74. The molecular weight excluding hydrogens is 452 g/mol. The van der Waals surface area contributed by atoms with E-state index in [4.69, 9.17) is 11.6 Å². The number of nitrogens with zero attached hydrogens (tertiary/aromatic N) is 4. The number of hydrogen-bond acceptors (Lipinski definition) is 6. The van der Waals surface area contributed by atoms with E-state index in [0.29, 0.717) is 21.1 Å². The number of aliphatic hydroxyl groups is 1. The van der Waals surface area contributed by atoms with Gasteiger partial charge in [-0.3, -0.25) is 19.1 Å². The molecule has 4 aromatic heterocycles. The molecule has 9 nitrogen and oxygen atoms in total. The van der Waals surface area contributed by atoms with Gasteiger partial charge < -0.3 is 10.4 Å². The van der Waals surface area contributed by atoms with E-state index in [1.165, 1.54) is 11.3 Å². The van der Waals surface area contributed by atoms with Crippen LogP contribution in [-0.2, 0) is 16.9 Å². The molecule has 0 aliphatic carbocycles. The van der Waals surface area contributed by atoms with Crippen molar-refractivity contribution < 1.29 is 9.90 Å². The van der Waals surface area contributed by atoms with Crippen LogP contribution in [0.25, 0.3) is 26.6 Å². The van der Waals surface area contributed by atoms with Crippen LogP contribution in [0, 0.1) is 6.92 Å². The van der Waals surface area contributed by atoms with Crippen molar-refractivity contribution in [3.63, 3.8) is 0 Å². The molecule has 11 heteroatoms. The fraction of sp³-hybridized carbons (Fsp3) is 0.238. The van der Waals surface area contributed by atoms with E-state index in [2.05, 4.69) is 20.6 Å². The van der Waals surface area contributed by atoms with Gasteiger partial charge in [-0.2, -0.15) is 10.2 Å². The van der Waals surface area contributed by atoms with Crippen molar-refractivity contribution in [1.29, 1.82) is 0 Å². The average Bonchev–Trinajstić information content (AvgIpc) is 3.35. The first-order valence-electron chi connectivity index (χ1n) is 9.81. The molecule has 0 atom stereocenters. The zero-order valence-electron chi connectivity index (χ0n) is 17.4. The Morgan fingerprint density at radius 1 is 1.28 bits per heavy atom. The molecule has 0 saturated heterocycles. The van der Waals surface area contributed by atoms with Gasteiger partial charge in [0.05, 0.1) is 25.8 Å². The highest BCUT2D eigenvalue weighted by molar-refractivity contribution is 7.22. The van der Waals surface area contributed by atoms with Crippen LogP contribution < -0.4 is 10.9 Å². The summed E-state index contributed by atoms with van der Waals surface area (Å²) >= 11 is 7.46. The fourth-order valence-electron chi connectivity index (χ4n) is 3.76. The summed E-state index contributed by atoms with van der Waals surface area (Å²) in [5.74, 6) is -0.184. The maximum absolute atomic E-state index is 13.1. The van der Waals surface area contributed by atoms with Crippen molar-refractivity contribution in [2.45, 2.75) is 32.9 Å². The Morgan fingerprint density at radius 2 is 2.06 bits per heavy atom. The molecule has 4 heterocycles. The van der Waals surface area contributed by atoms with Gasteiger partial charge in [-0.15, -0.1) is 11.3 Å². The molecule has 164 valence electrons. The number of fused-ring (bicyclic) bond motifs is 4. The van der Waals surface area contributed by atoms with Gasteiger partial charge in [0.1, 0.15) is 17.7 Å². The Balaban J connectivity index is 1.53. The Morgan fingerprint density at radius 3 is 2.81 bits per heavy atom. The third-order valence-corrected chi connectivity index (χ3v) is 6.42.